The first-order valence-corrected chi connectivity index (χ1v) is 6.23. The van der Waals surface area contributed by atoms with E-state index in [1.54, 1.807) is 0 Å². The van der Waals surface area contributed by atoms with Gasteiger partial charge in [0, 0.05) is 23.5 Å². The number of nitrogens with one attached hydrogen (secondary N) is 2. The second kappa shape index (κ2) is 4.36. The number of rotatable bonds is 2. The fraction of sp³-hybridized carbons (Fsp3) is 0.571. The van der Waals surface area contributed by atoms with E-state index in [9.17, 15) is 0 Å². The molecule has 0 aliphatic carbocycles. The molecular weight excluding hydrogens is 196 g/mol. The Hall–Kier alpha value is -1.18. The highest BCUT2D eigenvalue weighted by Crippen LogP contribution is 2.30. The summed E-state index contributed by atoms with van der Waals surface area (Å²) in [5, 5.41) is 7.06. The number of anilines is 2. The average Bonchev–Trinajstić information content (AvgIpc) is 2.19. The summed E-state index contributed by atoms with van der Waals surface area (Å²) in [5.74, 6) is 0. The fourth-order valence-electron chi connectivity index (χ4n) is 2.27. The molecule has 0 radical (unpaired) electrons. The van der Waals surface area contributed by atoms with Crippen LogP contribution < -0.4 is 10.6 Å². The summed E-state index contributed by atoms with van der Waals surface area (Å²) in [6, 6.07) is 5.68. The molecule has 1 unspecified atom stereocenters. The molecule has 0 aromatic heterocycles. The van der Waals surface area contributed by atoms with Crippen molar-refractivity contribution < 1.29 is 0 Å². The van der Waals surface area contributed by atoms with E-state index in [-0.39, 0.29) is 0 Å². The Labute approximate surface area is 98.4 Å². The number of fused-ring (bicyclic) bond motifs is 1. The predicted molar refractivity (Wildman–Crippen MR) is 71.3 cm³/mol. The van der Waals surface area contributed by atoms with E-state index in [2.05, 4.69) is 50.5 Å². The van der Waals surface area contributed by atoms with E-state index in [0.29, 0.717) is 12.1 Å². The Morgan fingerprint density at radius 3 is 2.81 bits per heavy atom. The Balaban J connectivity index is 2.30. The first-order valence-electron chi connectivity index (χ1n) is 6.23. The summed E-state index contributed by atoms with van der Waals surface area (Å²) in [6.45, 7) is 8.78. The third kappa shape index (κ3) is 2.31. The maximum absolute atomic E-state index is 3.55. The van der Waals surface area contributed by atoms with Crippen molar-refractivity contribution in [1.82, 2.24) is 0 Å². The Morgan fingerprint density at radius 2 is 2.12 bits per heavy atom. The molecule has 0 fully saturated rings. The van der Waals surface area contributed by atoms with E-state index in [0.717, 1.165) is 0 Å². The van der Waals surface area contributed by atoms with E-state index >= 15 is 0 Å². The van der Waals surface area contributed by atoms with Gasteiger partial charge in [-0.25, -0.2) is 0 Å². The van der Waals surface area contributed by atoms with Gasteiger partial charge in [-0.05, 0) is 63.8 Å². The molecular formula is C14H22N2. The molecule has 1 aliphatic rings. The van der Waals surface area contributed by atoms with Crippen LogP contribution in [0.2, 0.25) is 0 Å². The minimum Gasteiger partial charge on any atom is -0.383 e. The van der Waals surface area contributed by atoms with Crippen molar-refractivity contribution in [3.63, 3.8) is 0 Å². The molecule has 2 nitrogen and oxygen atoms in total. The summed E-state index contributed by atoms with van der Waals surface area (Å²) in [5.41, 5.74) is 5.39. The van der Waals surface area contributed by atoms with Crippen LogP contribution >= 0.6 is 0 Å². The highest BCUT2D eigenvalue weighted by Gasteiger charge is 2.15. The highest BCUT2D eigenvalue weighted by molar-refractivity contribution is 5.65. The van der Waals surface area contributed by atoms with Crippen LogP contribution in [0.4, 0.5) is 11.4 Å². The second-order valence-electron chi connectivity index (χ2n) is 5.21. The van der Waals surface area contributed by atoms with Gasteiger partial charge in [-0.3, -0.25) is 0 Å². The van der Waals surface area contributed by atoms with Gasteiger partial charge in [0.05, 0.1) is 0 Å². The van der Waals surface area contributed by atoms with Gasteiger partial charge in [0.25, 0.3) is 0 Å². The number of hydrogen-bond donors (Lipinski definition) is 2. The van der Waals surface area contributed by atoms with Crippen LogP contribution in [0.5, 0.6) is 0 Å². The predicted octanol–water partition coefficient (Wildman–Crippen LogP) is 3.56. The summed E-state index contributed by atoms with van der Waals surface area (Å²) in [7, 11) is 0. The summed E-state index contributed by atoms with van der Waals surface area (Å²) < 4.78 is 0. The van der Waals surface area contributed by atoms with Crippen LogP contribution in [-0.4, -0.2) is 12.1 Å². The molecule has 1 aliphatic heterocycles. The SMILES string of the molecule is Cc1cc2c(cc1NC(C)C)CCC(C)N2. The molecule has 88 valence electrons. The molecule has 0 saturated heterocycles. The van der Waals surface area contributed by atoms with Gasteiger partial charge < -0.3 is 10.6 Å². The molecule has 2 heteroatoms. The van der Waals surface area contributed by atoms with Gasteiger partial charge in [0.1, 0.15) is 0 Å². The lowest BCUT2D eigenvalue weighted by Gasteiger charge is -2.26. The van der Waals surface area contributed by atoms with Crippen molar-refractivity contribution in [2.75, 3.05) is 10.6 Å². The number of aryl methyl sites for hydroxylation is 2. The first kappa shape index (κ1) is 11.3. The van der Waals surface area contributed by atoms with Crippen LogP contribution in [0.3, 0.4) is 0 Å². The van der Waals surface area contributed by atoms with Crippen molar-refractivity contribution >= 4 is 11.4 Å². The Kier molecular flexibility index (Phi) is 3.08. The minimum absolute atomic E-state index is 0.493. The van der Waals surface area contributed by atoms with Crippen molar-refractivity contribution in [3.8, 4) is 0 Å². The standard InChI is InChI=1S/C14H22N2/c1-9(2)15-13-8-12-6-5-11(4)16-14(12)7-10(13)3/h7-9,11,15-16H,5-6H2,1-4H3. The quantitative estimate of drug-likeness (QED) is 0.793. The summed E-state index contributed by atoms with van der Waals surface area (Å²) >= 11 is 0. The molecule has 0 amide bonds. The highest BCUT2D eigenvalue weighted by atomic mass is 14.9. The van der Waals surface area contributed by atoms with E-state index in [4.69, 9.17) is 0 Å². The van der Waals surface area contributed by atoms with E-state index < -0.39 is 0 Å². The zero-order valence-corrected chi connectivity index (χ0v) is 10.7. The lowest BCUT2D eigenvalue weighted by molar-refractivity contribution is 0.680. The first-order chi connectivity index (χ1) is 7.56. The molecule has 0 saturated carbocycles. The zero-order valence-electron chi connectivity index (χ0n) is 10.7. The minimum atomic E-state index is 0.493. The molecule has 0 bridgehead atoms. The number of hydrogen-bond acceptors (Lipinski definition) is 2. The zero-order chi connectivity index (χ0) is 11.7. The van der Waals surface area contributed by atoms with Crippen LogP contribution in [0, 0.1) is 6.92 Å². The third-order valence-electron chi connectivity index (χ3n) is 3.14. The maximum atomic E-state index is 3.55. The molecule has 0 spiro atoms. The van der Waals surface area contributed by atoms with Gasteiger partial charge in [-0.1, -0.05) is 0 Å². The maximum Gasteiger partial charge on any atom is 0.0378 e. The molecule has 1 atom stereocenters. The topological polar surface area (TPSA) is 24.1 Å². The number of benzene rings is 1. The second-order valence-corrected chi connectivity index (χ2v) is 5.21. The van der Waals surface area contributed by atoms with E-state index in [1.807, 2.05) is 0 Å². The molecule has 1 heterocycles. The monoisotopic (exact) mass is 218 g/mol. The van der Waals surface area contributed by atoms with Crippen molar-refractivity contribution in [2.24, 2.45) is 0 Å². The van der Waals surface area contributed by atoms with Crippen molar-refractivity contribution in [3.05, 3.63) is 23.3 Å². The Morgan fingerprint density at radius 1 is 1.38 bits per heavy atom. The average molecular weight is 218 g/mol. The van der Waals surface area contributed by atoms with Crippen LogP contribution in [-0.2, 0) is 6.42 Å². The smallest absolute Gasteiger partial charge is 0.0378 e. The normalized spacial score (nSPS) is 19.2. The van der Waals surface area contributed by atoms with Crippen molar-refractivity contribution in [1.29, 1.82) is 0 Å². The van der Waals surface area contributed by atoms with Crippen LogP contribution in [0.25, 0.3) is 0 Å². The van der Waals surface area contributed by atoms with E-state index in [1.165, 1.54) is 35.3 Å². The van der Waals surface area contributed by atoms with Gasteiger partial charge >= 0.3 is 0 Å². The van der Waals surface area contributed by atoms with Gasteiger partial charge in [-0.2, -0.15) is 0 Å². The molecule has 1 aromatic rings. The van der Waals surface area contributed by atoms with Crippen LogP contribution in [0.15, 0.2) is 12.1 Å². The van der Waals surface area contributed by atoms with Crippen molar-refractivity contribution in [2.45, 2.75) is 52.6 Å². The lowest BCUT2D eigenvalue weighted by Crippen LogP contribution is -2.22. The molecule has 2 rings (SSSR count). The molecule has 2 N–H and O–H groups in total. The summed E-state index contributed by atoms with van der Waals surface area (Å²) in [4.78, 5) is 0. The van der Waals surface area contributed by atoms with Gasteiger partial charge in [-0.15, -0.1) is 0 Å². The molecule has 16 heavy (non-hydrogen) atoms. The fourth-order valence-corrected chi connectivity index (χ4v) is 2.27. The lowest BCUT2D eigenvalue weighted by atomic mass is 9.96. The van der Waals surface area contributed by atoms with Crippen LogP contribution in [0.1, 0.15) is 38.3 Å². The largest absolute Gasteiger partial charge is 0.383 e. The van der Waals surface area contributed by atoms with Gasteiger partial charge in [0.15, 0.2) is 0 Å². The molecule has 1 aromatic carbocycles. The Bertz CT molecular complexity index is 383. The third-order valence-corrected chi connectivity index (χ3v) is 3.14. The van der Waals surface area contributed by atoms with Gasteiger partial charge in [0.2, 0.25) is 0 Å². The summed E-state index contributed by atoms with van der Waals surface area (Å²) in [6.07, 6.45) is 2.42.